The zero-order chi connectivity index (χ0) is 27.3. The smallest absolute Gasteiger partial charge is 0.246 e. The first kappa shape index (κ1) is 28.3. The lowest BCUT2D eigenvalue weighted by Gasteiger charge is -2.35. The number of hydrogen-bond acceptors (Lipinski definition) is 6. The third-order valence-electron chi connectivity index (χ3n) is 6.60. The van der Waals surface area contributed by atoms with Gasteiger partial charge in [0.1, 0.15) is 12.1 Å². The average Bonchev–Trinajstić information content (AvgIpc) is 3.50. The van der Waals surface area contributed by atoms with Crippen molar-refractivity contribution in [1.82, 2.24) is 25.8 Å². The minimum atomic E-state index is -0.747. The van der Waals surface area contributed by atoms with Gasteiger partial charge in [-0.15, -0.1) is 11.3 Å². The fourth-order valence-corrected chi connectivity index (χ4v) is 5.39. The van der Waals surface area contributed by atoms with Gasteiger partial charge in [0, 0.05) is 20.5 Å². The molecule has 1 aromatic heterocycles. The van der Waals surface area contributed by atoms with E-state index in [0.717, 1.165) is 21.7 Å². The highest BCUT2D eigenvalue weighted by Gasteiger charge is 2.42. The molecule has 9 nitrogen and oxygen atoms in total. The lowest BCUT2D eigenvalue weighted by Crippen LogP contribution is -2.57. The maximum Gasteiger partial charge on any atom is 0.246 e. The Morgan fingerprint density at radius 1 is 1.14 bits per heavy atom. The molecule has 0 bridgehead atoms. The van der Waals surface area contributed by atoms with Crippen LogP contribution in [-0.2, 0) is 19.2 Å². The fraction of sp³-hybridized carbons (Fsp3) is 0.519. The van der Waals surface area contributed by atoms with E-state index in [9.17, 15) is 19.2 Å². The van der Waals surface area contributed by atoms with Gasteiger partial charge in [0.15, 0.2) is 0 Å². The quantitative estimate of drug-likeness (QED) is 0.488. The third kappa shape index (κ3) is 6.94. The normalized spacial score (nSPS) is 17.1. The summed E-state index contributed by atoms with van der Waals surface area (Å²) in [5.74, 6) is -1.08. The van der Waals surface area contributed by atoms with Gasteiger partial charge < -0.3 is 20.9 Å². The van der Waals surface area contributed by atoms with Gasteiger partial charge >= 0.3 is 0 Å². The molecule has 0 radical (unpaired) electrons. The van der Waals surface area contributed by atoms with Gasteiger partial charge in [0.2, 0.25) is 23.6 Å². The highest BCUT2D eigenvalue weighted by atomic mass is 32.1. The molecular weight excluding hydrogens is 490 g/mol. The predicted molar refractivity (Wildman–Crippen MR) is 144 cm³/mol. The monoisotopic (exact) mass is 527 g/mol. The summed E-state index contributed by atoms with van der Waals surface area (Å²) in [5.41, 5.74) is 4.05. The van der Waals surface area contributed by atoms with Gasteiger partial charge in [-0.25, -0.2) is 4.98 Å². The van der Waals surface area contributed by atoms with Gasteiger partial charge in [-0.2, -0.15) is 0 Å². The predicted octanol–water partition coefficient (Wildman–Crippen LogP) is 2.95. The zero-order valence-corrected chi connectivity index (χ0v) is 23.2. The molecule has 1 unspecified atom stereocenters. The van der Waals surface area contributed by atoms with E-state index in [1.165, 1.54) is 6.92 Å². The van der Waals surface area contributed by atoms with Crippen LogP contribution < -0.4 is 16.0 Å². The molecule has 10 heteroatoms. The number of amides is 4. The number of nitrogens with one attached hydrogen (secondary N) is 3. The topological polar surface area (TPSA) is 121 Å². The summed E-state index contributed by atoms with van der Waals surface area (Å²) in [4.78, 5) is 58.0. The summed E-state index contributed by atoms with van der Waals surface area (Å²) < 4.78 is 0. The van der Waals surface area contributed by atoms with Crippen LogP contribution in [0.5, 0.6) is 0 Å². The Balaban J connectivity index is 1.81. The Hall–Kier alpha value is -3.27. The Morgan fingerprint density at radius 2 is 1.81 bits per heavy atom. The Kier molecular flexibility index (Phi) is 9.07. The van der Waals surface area contributed by atoms with E-state index in [1.807, 2.05) is 52.0 Å². The van der Waals surface area contributed by atoms with Gasteiger partial charge in [-0.1, -0.05) is 45.0 Å². The van der Waals surface area contributed by atoms with Crippen LogP contribution in [0.4, 0.5) is 0 Å². The van der Waals surface area contributed by atoms with Gasteiger partial charge in [-0.05, 0) is 36.3 Å². The van der Waals surface area contributed by atoms with Crippen LogP contribution in [0, 0.1) is 12.3 Å². The molecule has 0 saturated carbocycles. The van der Waals surface area contributed by atoms with E-state index in [-0.39, 0.29) is 30.0 Å². The molecule has 3 N–H and O–H groups in total. The molecule has 1 aliphatic heterocycles. The van der Waals surface area contributed by atoms with Crippen molar-refractivity contribution in [2.45, 2.75) is 72.0 Å². The summed E-state index contributed by atoms with van der Waals surface area (Å²) in [6.07, 6.45) is 1.27. The van der Waals surface area contributed by atoms with E-state index >= 15 is 0 Å². The lowest BCUT2D eigenvalue weighted by molar-refractivity contribution is -0.144. The molecule has 4 amide bonds. The molecule has 1 fully saturated rings. The fourth-order valence-electron chi connectivity index (χ4n) is 4.57. The number of aryl methyl sites for hydroxylation is 1. The van der Waals surface area contributed by atoms with E-state index < -0.39 is 23.5 Å². The average molecular weight is 528 g/mol. The molecule has 3 atom stereocenters. The van der Waals surface area contributed by atoms with Crippen LogP contribution in [0.3, 0.4) is 0 Å². The number of aromatic nitrogens is 1. The van der Waals surface area contributed by atoms with E-state index in [1.54, 1.807) is 28.8 Å². The van der Waals surface area contributed by atoms with Crippen molar-refractivity contribution in [2.75, 3.05) is 13.6 Å². The minimum absolute atomic E-state index is 0.0678. The maximum absolute atomic E-state index is 13.5. The number of likely N-dealkylation sites (tertiary alicyclic amines) is 1. The first-order chi connectivity index (χ1) is 17.4. The van der Waals surface area contributed by atoms with E-state index in [4.69, 9.17) is 0 Å². The summed E-state index contributed by atoms with van der Waals surface area (Å²) in [6, 6.07) is 5.77. The number of benzene rings is 1. The molecule has 2 heterocycles. The minimum Gasteiger partial charge on any atom is -0.359 e. The standard InChI is InChI=1S/C27H37N5O4S/c1-16-23(37-15-29-16)19-11-9-18(10-12-19)20(14-22(34)28-6)31-25(35)21-8-7-13-32(21)26(36)24(27(3,4)5)30-17(2)33/h9-12,15,20-21,24H,7-8,13-14H2,1-6H3,(H,28,34)(H,30,33)(H,31,35)/t20?,21-,24+/m0/s1. The van der Waals surface area contributed by atoms with Gasteiger partial charge in [0.25, 0.3) is 0 Å². The number of rotatable bonds is 8. The molecule has 0 aliphatic carbocycles. The van der Waals surface area contributed by atoms with Crippen LogP contribution in [0.25, 0.3) is 10.4 Å². The molecule has 2 aromatic rings. The second-order valence-electron chi connectivity index (χ2n) is 10.5. The van der Waals surface area contributed by atoms with Crippen molar-refractivity contribution >= 4 is 35.0 Å². The van der Waals surface area contributed by atoms with Crippen LogP contribution in [-0.4, -0.2) is 59.2 Å². The van der Waals surface area contributed by atoms with Crippen molar-refractivity contribution < 1.29 is 19.2 Å². The first-order valence-corrected chi connectivity index (χ1v) is 13.4. The Labute approximate surface area is 222 Å². The summed E-state index contributed by atoms with van der Waals surface area (Å²) >= 11 is 1.56. The van der Waals surface area contributed by atoms with Crippen LogP contribution in [0.15, 0.2) is 29.8 Å². The third-order valence-corrected chi connectivity index (χ3v) is 7.58. The highest BCUT2D eigenvalue weighted by molar-refractivity contribution is 7.13. The van der Waals surface area contributed by atoms with Crippen LogP contribution in [0.2, 0.25) is 0 Å². The number of nitrogens with zero attached hydrogens (tertiary/aromatic N) is 2. The largest absolute Gasteiger partial charge is 0.359 e. The SMILES string of the molecule is CNC(=O)CC(NC(=O)[C@@H]1CCCN1C(=O)[C@@H](NC(C)=O)C(C)(C)C)c1ccc(-c2scnc2C)cc1. The number of hydrogen-bond donors (Lipinski definition) is 3. The summed E-state index contributed by atoms with van der Waals surface area (Å²) in [5, 5.41) is 8.40. The number of carbonyl (C=O) groups excluding carboxylic acids is 4. The second kappa shape index (κ2) is 11.9. The second-order valence-corrected chi connectivity index (χ2v) is 11.4. The molecule has 3 rings (SSSR count). The van der Waals surface area contributed by atoms with Crippen molar-refractivity contribution in [3.05, 3.63) is 41.0 Å². The van der Waals surface area contributed by atoms with Gasteiger partial charge in [-0.3, -0.25) is 19.2 Å². The highest BCUT2D eigenvalue weighted by Crippen LogP contribution is 2.30. The van der Waals surface area contributed by atoms with Crippen molar-refractivity contribution in [2.24, 2.45) is 5.41 Å². The van der Waals surface area contributed by atoms with E-state index in [0.29, 0.717) is 19.4 Å². The Morgan fingerprint density at radius 3 is 2.35 bits per heavy atom. The molecule has 1 aromatic carbocycles. The maximum atomic E-state index is 13.5. The molecule has 200 valence electrons. The molecule has 37 heavy (non-hydrogen) atoms. The van der Waals surface area contributed by atoms with Crippen LogP contribution >= 0.6 is 11.3 Å². The van der Waals surface area contributed by atoms with E-state index in [2.05, 4.69) is 20.9 Å². The van der Waals surface area contributed by atoms with Crippen molar-refractivity contribution in [3.8, 4) is 10.4 Å². The zero-order valence-electron chi connectivity index (χ0n) is 22.4. The molecule has 1 aliphatic rings. The molecular formula is C27H37N5O4S. The molecule has 1 saturated heterocycles. The van der Waals surface area contributed by atoms with Crippen molar-refractivity contribution in [3.63, 3.8) is 0 Å². The van der Waals surface area contributed by atoms with Crippen LogP contribution in [0.1, 0.15) is 64.3 Å². The first-order valence-electron chi connectivity index (χ1n) is 12.5. The Bertz CT molecular complexity index is 1140. The number of thiazole rings is 1. The summed E-state index contributed by atoms with van der Waals surface area (Å²) in [6.45, 7) is 9.42. The van der Waals surface area contributed by atoms with Gasteiger partial charge in [0.05, 0.1) is 28.5 Å². The van der Waals surface area contributed by atoms with Crippen molar-refractivity contribution in [1.29, 1.82) is 0 Å². The number of carbonyl (C=O) groups is 4. The lowest BCUT2D eigenvalue weighted by atomic mass is 9.85. The molecule has 0 spiro atoms. The summed E-state index contributed by atoms with van der Waals surface area (Å²) in [7, 11) is 1.56.